The highest BCUT2D eigenvalue weighted by molar-refractivity contribution is 6.08. The number of carbonyl (C=O) groups is 3. The van der Waals surface area contributed by atoms with E-state index in [4.69, 9.17) is 0 Å². The summed E-state index contributed by atoms with van der Waals surface area (Å²) >= 11 is 0. The summed E-state index contributed by atoms with van der Waals surface area (Å²) in [4.78, 5) is 37.3. The van der Waals surface area contributed by atoms with Crippen molar-refractivity contribution in [1.82, 2.24) is 10.2 Å². The molecule has 3 amide bonds. The van der Waals surface area contributed by atoms with Crippen LogP contribution in [-0.2, 0) is 14.4 Å². The SMILES string of the molecule is C=CCNC(=O)CN1C(=O)C2C3C=CC(C3)C2C1=O. The Balaban J connectivity index is 1.72. The maximum atomic E-state index is 12.3. The van der Waals surface area contributed by atoms with Gasteiger partial charge in [0.25, 0.3) is 0 Å². The van der Waals surface area contributed by atoms with Gasteiger partial charge in [-0.1, -0.05) is 18.2 Å². The molecule has 0 spiro atoms. The van der Waals surface area contributed by atoms with Gasteiger partial charge in [-0.25, -0.2) is 0 Å². The fourth-order valence-electron chi connectivity index (χ4n) is 3.51. The maximum Gasteiger partial charge on any atom is 0.240 e. The number of carbonyl (C=O) groups excluding carboxylic acids is 3. The Bertz CT molecular complexity index is 467. The maximum absolute atomic E-state index is 12.3. The van der Waals surface area contributed by atoms with Crippen molar-refractivity contribution in [2.75, 3.05) is 13.1 Å². The average molecular weight is 260 g/mol. The number of hydrogen-bond acceptors (Lipinski definition) is 3. The third kappa shape index (κ3) is 1.72. The number of likely N-dealkylation sites (tertiary alicyclic amines) is 1. The van der Waals surface area contributed by atoms with E-state index in [1.54, 1.807) is 6.08 Å². The van der Waals surface area contributed by atoms with Crippen molar-refractivity contribution < 1.29 is 14.4 Å². The molecule has 1 aliphatic heterocycles. The Labute approximate surface area is 111 Å². The number of allylic oxidation sites excluding steroid dienone is 2. The van der Waals surface area contributed by atoms with Gasteiger partial charge in [-0.05, 0) is 18.3 Å². The first kappa shape index (κ1) is 12.1. The summed E-state index contributed by atoms with van der Waals surface area (Å²) in [6.45, 7) is 3.67. The van der Waals surface area contributed by atoms with Gasteiger partial charge in [0.1, 0.15) is 6.54 Å². The predicted octanol–water partition coefficient (Wildman–Crippen LogP) is 0.0957. The molecule has 1 N–H and O–H groups in total. The monoisotopic (exact) mass is 260 g/mol. The van der Waals surface area contributed by atoms with E-state index in [2.05, 4.69) is 11.9 Å². The summed E-state index contributed by atoms with van der Waals surface area (Å²) in [6, 6.07) is 0. The van der Waals surface area contributed by atoms with Crippen LogP contribution in [0.15, 0.2) is 24.8 Å². The van der Waals surface area contributed by atoms with E-state index in [0.717, 1.165) is 11.3 Å². The highest BCUT2D eigenvalue weighted by Crippen LogP contribution is 2.52. The van der Waals surface area contributed by atoms with Crippen molar-refractivity contribution in [2.24, 2.45) is 23.7 Å². The van der Waals surface area contributed by atoms with Crippen molar-refractivity contribution in [2.45, 2.75) is 6.42 Å². The first-order valence-electron chi connectivity index (χ1n) is 6.54. The van der Waals surface area contributed by atoms with Gasteiger partial charge >= 0.3 is 0 Å². The molecule has 0 aromatic heterocycles. The predicted molar refractivity (Wildman–Crippen MR) is 67.6 cm³/mol. The summed E-state index contributed by atoms with van der Waals surface area (Å²) in [7, 11) is 0. The summed E-state index contributed by atoms with van der Waals surface area (Å²) in [5.74, 6) is -0.757. The normalized spacial score (nSPS) is 34.8. The molecule has 2 bridgehead atoms. The third-order valence-electron chi connectivity index (χ3n) is 4.31. The minimum Gasteiger partial charge on any atom is -0.351 e. The van der Waals surface area contributed by atoms with E-state index >= 15 is 0 Å². The lowest BCUT2D eigenvalue weighted by Crippen LogP contribution is -2.41. The second kappa shape index (κ2) is 4.33. The molecule has 1 saturated carbocycles. The second-order valence-corrected chi connectivity index (χ2v) is 5.36. The molecule has 19 heavy (non-hydrogen) atoms. The first-order chi connectivity index (χ1) is 9.13. The number of imide groups is 1. The van der Waals surface area contributed by atoms with Crippen LogP contribution in [0.2, 0.25) is 0 Å². The molecule has 2 aliphatic carbocycles. The molecular formula is C14H16N2O3. The number of amides is 3. The Kier molecular flexibility index (Phi) is 2.77. The number of fused-ring (bicyclic) bond motifs is 5. The molecule has 4 unspecified atom stereocenters. The lowest BCUT2D eigenvalue weighted by atomic mass is 9.85. The van der Waals surface area contributed by atoms with Gasteiger partial charge in [0.05, 0.1) is 11.8 Å². The van der Waals surface area contributed by atoms with Crippen LogP contribution in [-0.4, -0.2) is 35.7 Å². The zero-order valence-corrected chi connectivity index (χ0v) is 10.5. The largest absolute Gasteiger partial charge is 0.351 e. The Morgan fingerprint density at radius 1 is 1.32 bits per heavy atom. The van der Waals surface area contributed by atoms with Crippen molar-refractivity contribution >= 4 is 17.7 Å². The summed E-state index contributed by atoms with van der Waals surface area (Å²) in [6.07, 6.45) is 6.55. The van der Waals surface area contributed by atoms with E-state index in [9.17, 15) is 14.4 Å². The first-order valence-corrected chi connectivity index (χ1v) is 6.54. The topological polar surface area (TPSA) is 66.5 Å². The molecule has 2 fully saturated rings. The zero-order valence-electron chi connectivity index (χ0n) is 10.5. The molecule has 1 saturated heterocycles. The van der Waals surface area contributed by atoms with Crippen LogP contribution in [0.1, 0.15) is 6.42 Å². The van der Waals surface area contributed by atoms with E-state index < -0.39 is 0 Å². The summed E-state index contributed by atoms with van der Waals surface area (Å²) < 4.78 is 0. The fraction of sp³-hybridized carbons (Fsp3) is 0.500. The van der Waals surface area contributed by atoms with Gasteiger partial charge in [-0.3, -0.25) is 19.3 Å². The van der Waals surface area contributed by atoms with Gasteiger partial charge in [-0.15, -0.1) is 6.58 Å². The number of rotatable bonds is 4. The Hall–Kier alpha value is -1.91. The van der Waals surface area contributed by atoms with Crippen LogP contribution in [0, 0.1) is 23.7 Å². The van der Waals surface area contributed by atoms with E-state index in [1.165, 1.54) is 0 Å². The van der Waals surface area contributed by atoms with Crippen molar-refractivity contribution in [3.05, 3.63) is 24.8 Å². The van der Waals surface area contributed by atoms with Gasteiger partial charge in [0.15, 0.2) is 0 Å². The molecule has 3 rings (SSSR count). The van der Waals surface area contributed by atoms with Crippen LogP contribution >= 0.6 is 0 Å². The van der Waals surface area contributed by atoms with Crippen molar-refractivity contribution in [3.63, 3.8) is 0 Å². The van der Waals surface area contributed by atoms with Gasteiger partial charge < -0.3 is 5.32 Å². The molecule has 1 heterocycles. The minimum atomic E-state index is -0.318. The standard InChI is InChI=1S/C14H16N2O3/c1-2-5-15-10(17)7-16-13(18)11-8-3-4-9(6-8)12(11)14(16)19/h2-4,8-9,11-12H,1,5-7H2,(H,15,17). The molecule has 0 radical (unpaired) electrons. The number of nitrogens with zero attached hydrogens (tertiary/aromatic N) is 1. The van der Waals surface area contributed by atoms with Crippen LogP contribution in [0.3, 0.4) is 0 Å². The van der Waals surface area contributed by atoms with Crippen LogP contribution in [0.5, 0.6) is 0 Å². The van der Waals surface area contributed by atoms with Crippen molar-refractivity contribution in [3.8, 4) is 0 Å². The molecule has 4 atom stereocenters. The molecule has 0 aromatic carbocycles. The quantitative estimate of drug-likeness (QED) is 0.575. The molecule has 100 valence electrons. The highest BCUT2D eigenvalue weighted by atomic mass is 16.2. The molecule has 0 aromatic rings. The van der Waals surface area contributed by atoms with Crippen LogP contribution in [0.25, 0.3) is 0 Å². The van der Waals surface area contributed by atoms with Crippen LogP contribution < -0.4 is 5.32 Å². The average Bonchev–Trinajstić information content (AvgIpc) is 3.06. The Morgan fingerprint density at radius 3 is 2.42 bits per heavy atom. The highest BCUT2D eigenvalue weighted by Gasteiger charge is 2.59. The van der Waals surface area contributed by atoms with Gasteiger partial charge in [-0.2, -0.15) is 0 Å². The fourth-order valence-corrected chi connectivity index (χ4v) is 3.51. The van der Waals surface area contributed by atoms with Crippen molar-refractivity contribution in [1.29, 1.82) is 0 Å². The second-order valence-electron chi connectivity index (χ2n) is 5.36. The smallest absolute Gasteiger partial charge is 0.240 e. The molecule has 5 heteroatoms. The Morgan fingerprint density at radius 2 is 1.89 bits per heavy atom. The van der Waals surface area contributed by atoms with Gasteiger partial charge in [0.2, 0.25) is 17.7 Å². The lowest BCUT2D eigenvalue weighted by Gasteiger charge is -2.16. The number of hydrogen-bond donors (Lipinski definition) is 1. The van der Waals surface area contributed by atoms with E-state index in [-0.39, 0.29) is 47.9 Å². The van der Waals surface area contributed by atoms with Crippen LogP contribution in [0.4, 0.5) is 0 Å². The van der Waals surface area contributed by atoms with E-state index in [1.807, 2.05) is 12.2 Å². The molecule has 3 aliphatic rings. The van der Waals surface area contributed by atoms with E-state index in [0.29, 0.717) is 6.54 Å². The molecule has 5 nitrogen and oxygen atoms in total. The zero-order chi connectivity index (χ0) is 13.6. The lowest BCUT2D eigenvalue weighted by molar-refractivity contribution is -0.144. The molecular weight excluding hydrogens is 244 g/mol. The summed E-state index contributed by atoms with van der Waals surface area (Å²) in [5.41, 5.74) is 0. The number of nitrogens with one attached hydrogen (secondary N) is 1. The third-order valence-corrected chi connectivity index (χ3v) is 4.31. The minimum absolute atomic E-state index is 0.169. The summed E-state index contributed by atoms with van der Waals surface area (Å²) in [5, 5.41) is 2.59. The van der Waals surface area contributed by atoms with Gasteiger partial charge in [0, 0.05) is 6.54 Å².